The van der Waals surface area contributed by atoms with E-state index in [1.807, 2.05) is 53.1 Å². The van der Waals surface area contributed by atoms with Gasteiger partial charge in [-0.05, 0) is 29.8 Å². The van der Waals surface area contributed by atoms with E-state index in [-0.39, 0.29) is 0 Å². The van der Waals surface area contributed by atoms with Gasteiger partial charge in [-0.15, -0.1) is 0 Å². The number of aromatic nitrogens is 2. The summed E-state index contributed by atoms with van der Waals surface area (Å²) >= 11 is 0. The van der Waals surface area contributed by atoms with Gasteiger partial charge in [-0.1, -0.05) is 18.2 Å². The molecule has 4 nitrogen and oxygen atoms in total. The zero-order valence-electron chi connectivity index (χ0n) is 9.78. The van der Waals surface area contributed by atoms with Crippen molar-refractivity contribution < 1.29 is 4.74 Å². The summed E-state index contributed by atoms with van der Waals surface area (Å²) in [7, 11) is 0. The molecule has 0 bridgehead atoms. The number of ether oxygens (including phenoxy) is 1. The molecule has 0 saturated carbocycles. The molecule has 3 rings (SSSR count). The topological polar surface area (TPSA) is 52.5 Å². The van der Waals surface area contributed by atoms with Crippen molar-refractivity contribution in [3.8, 4) is 5.88 Å². The standard InChI is InChI=1S/C14H13N3O/c15-12-6-4-11(5-7-12)10-18-14-3-1-2-13-16-8-9-17(13)14/h1-9H,10,15H2. The first-order valence-electron chi connectivity index (χ1n) is 5.72. The third-order valence-corrected chi connectivity index (χ3v) is 2.76. The number of nitrogen functional groups attached to an aromatic ring is 1. The Labute approximate surface area is 105 Å². The summed E-state index contributed by atoms with van der Waals surface area (Å²) in [4.78, 5) is 4.21. The Bertz CT molecular complexity index is 658. The second-order valence-electron chi connectivity index (χ2n) is 4.05. The molecule has 3 aromatic rings. The number of pyridine rings is 1. The van der Waals surface area contributed by atoms with Gasteiger partial charge in [0.05, 0.1) is 0 Å². The van der Waals surface area contributed by atoms with Crippen molar-refractivity contribution in [2.75, 3.05) is 5.73 Å². The highest BCUT2D eigenvalue weighted by Gasteiger charge is 2.01. The van der Waals surface area contributed by atoms with Crippen LogP contribution >= 0.6 is 0 Å². The fourth-order valence-corrected chi connectivity index (χ4v) is 1.81. The molecule has 2 heterocycles. The van der Waals surface area contributed by atoms with E-state index in [9.17, 15) is 0 Å². The summed E-state index contributed by atoms with van der Waals surface area (Å²) in [5.41, 5.74) is 8.36. The van der Waals surface area contributed by atoms with E-state index in [1.54, 1.807) is 6.20 Å². The van der Waals surface area contributed by atoms with Gasteiger partial charge < -0.3 is 10.5 Å². The number of rotatable bonds is 3. The summed E-state index contributed by atoms with van der Waals surface area (Å²) in [6, 6.07) is 13.5. The van der Waals surface area contributed by atoms with E-state index < -0.39 is 0 Å². The first-order chi connectivity index (χ1) is 8.83. The molecule has 0 saturated heterocycles. The molecule has 0 fully saturated rings. The van der Waals surface area contributed by atoms with Crippen LogP contribution in [0.2, 0.25) is 0 Å². The molecule has 1 aromatic carbocycles. The molecule has 2 aromatic heterocycles. The Balaban J connectivity index is 1.80. The molecule has 0 aliphatic carbocycles. The van der Waals surface area contributed by atoms with Crippen LogP contribution in [0.5, 0.6) is 5.88 Å². The maximum atomic E-state index is 5.79. The molecule has 0 unspecified atom stereocenters. The zero-order chi connectivity index (χ0) is 12.4. The Morgan fingerprint density at radius 2 is 1.94 bits per heavy atom. The largest absolute Gasteiger partial charge is 0.474 e. The molecule has 0 aliphatic rings. The van der Waals surface area contributed by atoms with Gasteiger partial charge in [0.1, 0.15) is 12.3 Å². The van der Waals surface area contributed by atoms with Gasteiger partial charge in [-0.3, -0.25) is 4.40 Å². The number of fused-ring (bicyclic) bond motifs is 1. The number of benzene rings is 1. The minimum Gasteiger partial charge on any atom is -0.474 e. The van der Waals surface area contributed by atoms with Gasteiger partial charge in [0, 0.05) is 18.1 Å². The van der Waals surface area contributed by atoms with E-state index in [0.29, 0.717) is 6.61 Å². The molecule has 18 heavy (non-hydrogen) atoms. The van der Waals surface area contributed by atoms with Crippen LogP contribution in [-0.2, 0) is 6.61 Å². The monoisotopic (exact) mass is 239 g/mol. The summed E-state index contributed by atoms with van der Waals surface area (Å²) in [5.74, 6) is 0.779. The number of hydrogen-bond acceptors (Lipinski definition) is 3. The number of imidazole rings is 1. The van der Waals surface area contributed by atoms with Crippen LogP contribution in [-0.4, -0.2) is 9.38 Å². The average Bonchev–Trinajstić information content (AvgIpc) is 2.87. The average molecular weight is 239 g/mol. The van der Waals surface area contributed by atoms with Crippen LogP contribution in [0.25, 0.3) is 5.65 Å². The maximum absolute atomic E-state index is 5.79. The van der Waals surface area contributed by atoms with Crippen LogP contribution in [0, 0.1) is 0 Å². The van der Waals surface area contributed by atoms with Crippen molar-refractivity contribution in [1.29, 1.82) is 0 Å². The third-order valence-electron chi connectivity index (χ3n) is 2.76. The fraction of sp³-hybridized carbons (Fsp3) is 0.0714. The summed E-state index contributed by atoms with van der Waals surface area (Å²) in [5, 5.41) is 0. The number of anilines is 1. The number of nitrogens with zero attached hydrogens (tertiary/aromatic N) is 2. The van der Waals surface area contributed by atoms with Crippen LogP contribution in [0.15, 0.2) is 54.9 Å². The van der Waals surface area contributed by atoms with Crippen LogP contribution in [0.3, 0.4) is 0 Å². The van der Waals surface area contributed by atoms with E-state index in [4.69, 9.17) is 10.5 Å². The maximum Gasteiger partial charge on any atom is 0.199 e. The van der Waals surface area contributed by atoms with Gasteiger partial charge in [-0.25, -0.2) is 4.98 Å². The molecule has 2 N–H and O–H groups in total. The minimum atomic E-state index is 0.511. The van der Waals surface area contributed by atoms with Crippen LogP contribution in [0.4, 0.5) is 5.69 Å². The third kappa shape index (κ3) is 2.00. The minimum absolute atomic E-state index is 0.511. The highest BCUT2D eigenvalue weighted by Crippen LogP contribution is 2.15. The SMILES string of the molecule is Nc1ccc(COc2cccc3nccn23)cc1. The Morgan fingerprint density at radius 1 is 1.11 bits per heavy atom. The van der Waals surface area contributed by atoms with Crippen molar-refractivity contribution >= 4 is 11.3 Å². The van der Waals surface area contributed by atoms with Gasteiger partial charge in [-0.2, -0.15) is 0 Å². The van der Waals surface area contributed by atoms with E-state index in [1.165, 1.54) is 0 Å². The molecule has 0 amide bonds. The fourth-order valence-electron chi connectivity index (χ4n) is 1.81. The summed E-state index contributed by atoms with van der Waals surface area (Å²) in [6.07, 6.45) is 3.64. The highest BCUT2D eigenvalue weighted by atomic mass is 16.5. The Kier molecular flexibility index (Phi) is 2.61. The van der Waals surface area contributed by atoms with Crippen LogP contribution in [0.1, 0.15) is 5.56 Å². The summed E-state index contributed by atoms with van der Waals surface area (Å²) in [6.45, 7) is 0.511. The van der Waals surface area contributed by atoms with Gasteiger partial charge >= 0.3 is 0 Å². The lowest BCUT2D eigenvalue weighted by atomic mass is 10.2. The predicted octanol–water partition coefficient (Wildman–Crippen LogP) is 2.50. The van der Waals surface area contributed by atoms with E-state index in [2.05, 4.69) is 4.98 Å². The van der Waals surface area contributed by atoms with Gasteiger partial charge in [0.15, 0.2) is 5.88 Å². The van der Waals surface area contributed by atoms with E-state index >= 15 is 0 Å². The lowest BCUT2D eigenvalue weighted by Crippen LogP contribution is -1.99. The Morgan fingerprint density at radius 3 is 2.78 bits per heavy atom. The van der Waals surface area contributed by atoms with Crippen molar-refractivity contribution in [1.82, 2.24) is 9.38 Å². The van der Waals surface area contributed by atoms with Gasteiger partial charge in [0.25, 0.3) is 0 Å². The normalized spacial score (nSPS) is 10.7. The van der Waals surface area contributed by atoms with Gasteiger partial charge in [0.2, 0.25) is 0 Å². The smallest absolute Gasteiger partial charge is 0.199 e. The molecule has 0 atom stereocenters. The Hall–Kier alpha value is -2.49. The first kappa shape index (κ1) is 10.7. The molecular formula is C14H13N3O. The van der Waals surface area contributed by atoms with E-state index in [0.717, 1.165) is 22.8 Å². The van der Waals surface area contributed by atoms with Crippen molar-refractivity contribution in [3.63, 3.8) is 0 Å². The molecule has 90 valence electrons. The lowest BCUT2D eigenvalue weighted by Gasteiger charge is -2.08. The van der Waals surface area contributed by atoms with Crippen molar-refractivity contribution in [2.45, 2.75) is 6.61 Å². The quantitative estimate of drug-likeness (QED) is 0.714. The zero-order valence-corrected chi connectivity index (χ0v) is 9.78. The second kappa shape index (κ2) is 4.41. The van der Waals surface area contributed by atoms with Crippen molar-refractivity contribution in [3.05, 3.63) is 60.4 Å². The number of hydrogen-bond donors (Lipinski definition) is 1. The lowest BCUT2D eigenvalue weighted by molar-refractivity contribution is 0.290. The van der Waals surface area contributed by atoms with Crippen molar-refractivity contribution in [2.24, 2.45) is 0 Å². The molecule has 0 radical (unpaired) electrons. The second-order valence-corrected chi connectivity index (χ2v) is 4.05. The predicted molar refractivity (Wildman–Crippen MR) is 70.4 cm³/mol. The van der Waals surface area contributed by atoms with Crippen LogP contribution < -0.4 is 10.5 Å². The number of nitrogens with two attached hydrogens (primary N) is 1. The summed E-state index contributed by atoms with van der Waals surface area (Å²) < 4.78 is 7.70. The molecule has 0 aliphatic heterocycles. The molecule has 0 spiro atoms. The molecular weight excluding hydrogens is 226 g/mol. The first-order valence-corrected chi connectivity index (χ1v) is 5.72. The highest BCUT2D eigenvalue weighted by molar-refractivity contribution is 5.42. The molecule has 4 heteroatoms.